The maximum atomic E-state index is 12.4. The molecular formula is C19H15NO4S. The highest BCUT2D eigenvalue weighted by molar-refractivity contribution is 7.16. The van der Waals surface area contributed by atoms with E-state index >= 15 is 0 Å². The third-order valence-corrected chi connectivity index (χ3v) is 4.43. The number of ether oxygens (including phenoxy) is 1. The van der Waals surface area contributed by atoms with Gasteiger partial charge in [0.15, 0.2) is 0 Å². The summed E-state index contributed by atoms with van der Waals surface area (Å²) in [6.07, 6.45) is 0. The first-order valence-corrected chi connectivity index (χ1v) is 8.32. The van der Waals surface area contributed by atoms with Crippen molar-refractivity contribution in [3.05, 3.63) is 76.7 Å². The van der Waals surface area contributed by atoms with E-state index in [1.807, 2.05) is 37.3 Å². The van der Waals surface area contributed by atoms with Gasteiger partial charge in [-0.3, -0.25) is 4.79 Å². The summed E-state index contributed by atoms with van der Waals surface area (Å²) in [4.78, 5) is 23.7. The van der Waals surface area contributed by atoms with E-state index in [1.54, 1.807) is 24.3 Å². The molecule has 0 radical (unpaired) electrons. The lowest BCUT2D eigenvalue weighted by Crippen LogP contribution is -2.11. The minimum absolute atomic E-state index is 0.0881. The zero-order valence-corrected chi connectivity index (χ0v) is 14.2. The number of aryl methyl sites for hydroxylation is 1. The zero-order valence-electron chi connectivity index (χ0n) is 13.4. The van der Waals surface area contributed by atoms with Gasteiger partial charge in [-0.05, 0) is 37.3 Å². The van der Waals surface area contributed by atoms with Crippen LogP contribution in [-0.4, -0.2) is 17.0 Å². The fourth-order valence-electron chi connectivity index (χ4n) is 2.14. The van der Waals surface area contributed by atoms with Crippen LogP contribution in [0.5, 0.6) is 10.8 Å². The Morgan fingerprint density at radius 3 is 2.36 bits per heavy atom. The van der Waals surface area contributed by atoms with Gasteiger partial charge in [-0.25, -0.2) is 4.79 Å². The van der Waals surface area contributed by atoms with E-state index in [9.17, 15) is 14.7 Å². The molecule has 3 rings (SSSR count). The van der Waals surface area contributed by atoms with E-state index in [0.29, 0.717) is 22.1 Å². The van der Waals surface area contributed by atoms with E-state index in [2.05, 4.69) is 5.32 Å². The summed E-state index contributed by atoms with van der Waals surface area (Å²) in [5, 5.41) is 12.3. The second kappa shape index (κ2) is 7.19. The number of nitrogens with one attached hydrogen (secondary N) is 1. The molecule has 3 aromatic rings. The Bertz CT molecular complexity index is 901. The molecule has 2 aromatic carbocycles. The van der Waals surface area contributed by atoms with Crippen LogP contribution in [0.2, 0.25) is 0 Å². The van der Waals surface area contributed by atoms with Gasteiger partial charge in [0.25, 0.3) is 5.91 Å². The van der Waals surface area contributed by atoms with E-state index in [0.717, 1.165) is 16.9 Å². The van der Waals surface area contributed by atoms with Crippen LogP contribution in [0.15, 0.2) is 60.7 Å². The molecule has 126 valence electrons. The number of benzene rings is 2. The number of carboxylic acid groups (broad SMARTS) is 1. The number of para-hydroxylation sites is 1. The number of hydrogen-bond donors (Lipinski definition) is 2. The topological polar surface area (TPSA) is 75.6 Å². The maximum absolute atomic E-state index is 12.4. The number of carbonyl (C=O) groups excluding carboxylic acids is 1. The normalized spacial score (nSPS) is 10.3. The van der Waals surface area contributed by atoms with Crippen molar-refractivity contribution < 1.29 is 19.4 Å². The first-order valence-electron chi connectivity index (χ1n) is 7.51. The molecule has 0 aliphatic carbocycles. The molecule has 0 saturated heterocycles. The highest BCUT2D eigenvalue weighted by atomic mass is 32.1. The third kappa shape index (κ3) is 4.05. The molecular weight excluding hydrogens is 338 g/mol. The van der Waals surface area contributed by atoms with E-state index in [1.165, 1.54) is 6.07 Å². The van der Waals surface area contributed by atoms with Crippen molar-refractivity contribution in [1.29, 1.82) is 0 Å². The Balaban J connectivity index is 1.87. The van der Waals surface area contributed by atoms with Crippen molar-refractivity contribution in [2.45, 2.75) is 6.92 Å². The Kier molecular flexibility index (Phi) is 4.81. The van der Waals surface area contributed by atoms with Crippen LogP contribution in [-0.2, 0) is 0 Å². The Hall–Kier alpha value is -3.12. The second-order valence-corrected chi connectivity index (χ2v) is 6.37. The summed E-state index contributed by atoms with van der Waals surface area (Å²) in [5.74, 6) is -0.835. The third-order valence-electron chi connectivity index (χ3n) is 3.42. The van der Waals surface area contributed by atoms with E-state index < -0.39 is 5.97 Å². The summed E-state index contributed by atoms with van der Waals surface area (Å²) < 4.78 is 5.74. The summed E-state index contributed by atoms with van der Waals surface area (Å²) in [5.41, 5.74) is 1.87. The van der Waals surface area contributed by atoms with Crippen LogP contribution in [0.3, 0.4) is 0 Å². The predicted molar refractivity (Wildman–Crippen MR) is 96.9 cm³/mol. The number of rotatable bonds is 5. The summed E-state index contributed by atoms with van der Waals surface area (Å²) in [6, 6.07) is 17.5. The minimum atomic E-state index is -1.07. The molecule has 1 heterocycles. The Labute approximate surface area is 148 Å². The van der Waals surface area contributed by atoms with Crippen LogP contribution < -0.4 is 10.1 Å². The molecule has 25 heavy (non-hydrogen) atoms. The van der Waals surface area contributed by atoms with Crippen molar-refractivity contribution in [3.63, 3.8) is 0 Å². The van der Waals surface area contributed by atoms with Gasteiger partial charge in [0, 0.05) is 5.56 Å². The molecule has 0 bridgehead atoms. The van der Waals surface area contributed by atoms with Gasteiger partial charge < -0.3 is 15.2 Å². The van der Waals surface area contributed by atoms with Gasteiger partial charge >= 0.3 is 5.97 Å². The van der Waals surface area contributed by atoms with Crippen LogP contribution in [0.4, 0.5) is 5.69 Å². The maximum Gasteiger partial charge on any atom is 0.346 e. The smallest absolute Gasteiger partial charge is 0.346 e. The van der Waals surface area contributed by atoms with Crippen LogP contribution >= 0.6 is 11.3 Å². The lowest BCUT2D eigenvalue weighted by atomic mass is 10.1. The number of amides is 1. The molecule has 0 aliphatic rings. The minimum Gasteiger partial charge on any atom is -0.477 e. The zero-order chi connectivity index (χ0) is 17.8. The summed E-state index contributed by atoms with van der Waals surface area (Å²) in [6.45, 7) is 1.94. The SMILES string of the molecule is Cc1ccc(C(=O)Nc2cc(C(=O)O)sc2Oc2ccccc2)cc1. The number of hydrogen-bond acceptors (Lipinski definition) is 4. The Morgan fingerprint density at radius 2 is 1.72 bits per heavy atom. The molecule has 0 spiro atoms. The number of aromatic carboxylic acids is 1. The average Bonchev–Trinajstić information content (AvgIpc) is 2.99. The standard InChI is InChI=1S/C19H15NO4S/c1-12-7-9-13(10-8-12)17(21)20-15-11-16(18(22)23)25-19(15)24-14-5-3-2-4-6-14/h2-11H,1H3,(H,20,21)(H,22,23). The van der Waals surface area contributed by atoms with Gasteiger partial charge in [0.2, 0.25) is 5.06 Å². The second-order valence-electron chi connectivity index (χ2n) is 5.35. The molecule has 0 aliphatic heterocycles. The van der Waals surface area contributed by atoms with Gasteiger partial charge in [-0.15, -0.1) is 0 Å². The number of thiophene rings is 1. The van der Waals surface area contributed by atoms with Gasteiger partial charge in [0.05, 0.1) is 5.69 Å². The lowest BCUT2D eigenvalue weighted by Gasteiger charge is -2.08. The first kappa shape index (κ1) is 16.7. The van der Waals surface area contributed by atoms with Crippen molar-refractivity contribution in [2.24, 2.45) is 0 Å². The average molecular weight is 353 g/mol. The molecule has 0 atom stereocenters. The molecule has 0 unspecified atom stereocenters. The molecule has 2 N–H and O–H groups in total. The lowest BCUT2D eigenvalue weighted by molar-refractivity contribution is 0.0702. The summed E-state index contributed by atoms with van der Waals surface area (Å²) >= 11 is 0.966. The highest BCUT2D eigenvalue weighted by Crippen LogP contribution is 2.38. The predicted octanol–water partition coefficient (Wildman–Crippen LogP) is 4.80. The van der Waals surface area contributed by atoms with Crippen molar-refractivity contribution in [3.8, 4) is 10.8 Å². The fourth-order valence-corrected chi connectivity index (χ4v) is 2.96. The molecule has 6 heteroatoms. The molecule has 5 nitrogen and oxygen atoms in total. The largest absolute Gasteiger partial charge is 0.477 e. The number of carbonyl (C=O) groups is 2. The summed E-state index contributed by atoms with van der Waals surface area (Å²) in [7, 11) is 0. The van der Waals surface area contributed by atoms with Crippen molar-refractivity contribution in [2.75, 3.05) is 5.32 Å². The number of carboxylic acids is 1. The molecule has 1 amide bonds. The van der Waals surface area contributed by atoms with E-state index in [4.69, 9.17) is 4.74 Å². The van der Waals surface area contributed by atoms with Crippen molar-refractivity contribution >= 4 is 28.9 Å². The van der Waals surface area contributed by atoms with Gasteiger partial charge in [-0.2, -0.15) is 0 Å². The van der Waals surface area contributed by atoms with Crippen LogP contribution in [0.1, 0.15) is 25.6 Å². The van der Waals surface area contributed by atoms with Crippen molar-refractivity contribution in [1.82, 2.24) is 0 Å². The molecule has 1 aromatic heterocycles. The Morgan fingerprint density at radius 1 is 1.04 bits per heavy atom. The van der Waals surface area contributed by atoms with Gasteiger partial charge in [-0.1, -0.05) is 47.2 Å². The quantitative estimate of drug-likeness (QED) is 0.691. The highest BCUT2D eigenvalue weighted by Gasteiger charge is 2.18. The fraction of sp³-hybridized carbons (Fsp3) is 0.0526. The number of anilines is 1. The molecule has 0 saturated carbocycles. The molecule has 0 fully saturated rings. The van der Waals surface area contributed by atoms with Crippen LogP contribution in [0.25, 0.3) is 0 Å². The van der Waals surface area contributed by atoms with Crippen LogP contribution in [0, 0.1) is 6.92 Å². The van der Waals surface area contributed by atoms with Gasteiger partial charge in [0.1, 0.15) is 10.6 Å². The first-order chi connectivity index (χ1) is 12.0. The monoisotopic (exact) mass is 353 g/mol. The van der Waals surface area contributed by atoms with E-state index in [-0.39, 0.29) is 10.8 Å².